The lowest BCUT2D eigenvalue weighted by molar-refractivity contribution is -0.113. The number of hydrogen-bond acceptors (Lipinski definition) is 2. The fraction of sp³-hybridized carbons (Fsp3) is 0.238. The number of rotatable bonds is 3. The predicted molar refractivity (Wildman–Crippen MR) is 110 cm³/mol. The van der Waals surface area contributed by atoms with Crippen LogP contribution < -0.4 is 16.0 Å². The van der Waals surface area contributed by atoms with Crippen LogP contribution in [0, 0.1) is 20.8 Å². The molecule has 3 N–H and O–H groups in total. The minimum Gasteiger partial charge on any atom is -0.351 e. The molecule has 4 nitrogen and oxygen atoms in total. The summed E-state index contributed by atoms with van der Waals surface area (Å²) in [6, 6.07) is 13.9. The number of benzene rings is 2. The molecule has 26 heavy (non-hydrogen) atoms. The van der Waals surface area contributed by atoms with E-state index in [-0.39, 0.29) is 11.9 Å². The molecule has 1 heterocycles. The molecule has 0 aromatic heterocycles. The average Bonchev–Trinajstić information content (AvgIpc) is 2.53. The van der Waals surface area contributed by atoms with Crippen LogP contribution in [0.2, 0.25) is 0 Å². The van der Waals surface area contributed by atoms with Crippen LogP contribution >= 0.6 is 12.2 Å². The Bertz CT molecular complexity index is 880. The number of aryl methyl sites for hydroxylation is 3. The lowest BCUT2D eigenvalue weighted by Crippen LogP contribution is -2.45. The van der Waals surface area contributed by atoms with Crippen LogP contribution in [-0.2, 0) is 4.79 Å². The highest BCUT2D eigenvalue weighted by molar-refractivity contribution is 7.80. The van der Waals surface area contributed by atoms with Crippen molar-refractivity contribution in [2.24, 2.45) is 0 Å². The Morgan fingerprint density at radius 2 is 1.58 bits per heavy atom. The van der Waals surface area contributed by atoms with Crippen molar-refractivity contribution in [2.45, 2.75) is 33.7 Å². The Morgan fingerprint density at radius 1 is 0.962 bits per heavy atom. The number of thiocarbonyl (C=S) groups is 1. The van der Waals surface area contributed by atoms with Crippen molar-refractivity contribution in [3.63, 3.8) is 0 Å². The second-order valence-corrected chi connectivity index (χ2v) is 7.22. The van der Waals surface area contributed by atoms with Gasteiger partial charge in [0.1, 0.15) is 0 Å². The van der Waals surface area contributed by atoms with E-state index in [0.717, 1.165) is 28.1 Å². The summed E-state index contributed by atoms with van der Waals surface area (Å²) in [5, 5.41) is 9.85. The highest BCUT2D eigenvalue weighted by atomic mass is 32.1. The van der Waals surface area contributed by atoms with Crippen molar-refractivity contribution in [2.75, 3.05) is 5.32 Å². The van der Waals surface area contributed by atoms with E-state index in [9.17, 15) is 4.79 Å². The lowest BCUT2D eigenvalue weighted by Gasteiger charge is -2.30. The van der Waals surface area contributed by atoms with E-state index >= 15 is 0 Å². The summed E-state index contributed by atoms with van der Waals surface area (Å²) in [6.07, 6.45) is 0. The number of carbonyl (C=O) groups excluding carboxylic acids is 1. The molecule has 0 bridgehead atoms. The van der Waals surface area contributed by atoms with Crippen molar-refractivity contribution in [3.05, 3.63) is 76.0 Å². The molecule has 1 unspecified atom stereocenters. The number of amides is 1. The second-order valence-electron chi connectivity index (χ2n) is 6.81. The monoisotopic (exact) mass is 365 g/mol. The lowest BCUT2D eigenvalue weighted by atomic mass is 9.94. The van der Waals surface area contributed by atoms with Gasteiger partial charge in [-0.1, -0.05) is 35.9 Å². The Labute approximate surface area is 159 Å². The van der Waals surface area contributed by atoms with Gasteiger partial charge >= 0.3 is 0 Å². The molecule has 1 aliphatic rings. The minimum atomic E-state index is -0.282. The SMILES string of the molecule is CC1=C(C(=O)Nc2cc(C)cc(C)c2)C(c2ccc(C)cc2)NC(=S)N1. The topological polar surface area (TPSA) is 53.2 Å². The van der Waals surface area contributed by atoms with Gasteiger partial charge in [0.2, 0.25) is 0 Å². The molecule has 2 aromatic rings. The maximum atomic E-state index is 13.1. The summed E-state index contributed by atoms with van der Waals surface area (Å²) in [6.45, 7) is 7.96. The van der Waals surface area contributed by atoms with Gasteiger partial charge in [-0.25, -0.2) is 0 Å². The van der Waals surface area contributed by atoms with Gasteiger partial charge in [0.05, 0.1) is 11.6 Å². The molecule has 0 saturated heterocycles. The first-order valence-electron chi connectivity index (χ1n) is 8.58. The van der Waals surface area contributed by atoms with Crippen LogP contribution in [-0.4, -0.2) is 11.0 Å². The van der Waals surface area contributed by atoms with Crippen LogP contribution in [0.4, 0.5) is 5.69 Å². The largest absolute Gasteiger partial charge is 0.351 e. The first-order chi connectivity index (χ1) is 12.3. The molecule has 134 valence electrons. The van der Waals surface area contributed by atoms with Gasteiger partial charge in [-0.3, -0.25) is 4.79 Å². The number of carbonyl (C=O) groups is 1. The van der Waals surface area contributed by atoms with E-state index in [2.05, 4.69) is 22.0 Å². The molecule has 0 aliphatic carbocycles. The van der Waals surface area contributed by atoms with Crippen molar-refractivity contribution in [1.82, 2.24) is 10.6 Å². The predicted octanol–water partition coefficient (Wildman–Crippen LogP) is 4.04. The van der Waals surface area contributed by atoms with Crippen molar-refractivity contribution >= 4 is 28.9 Å². The van der Waals surface area contributed by atoms with E-state index in [4.69, 9.17) is 12.2 Å². The molecule has 1 amide bonds. The van der Waals surface area contributed by atoms with Gasteiger partial charge in [0, 0.05) is 11.4 Å². The van der Waals surface area contributed by atoms with Gasteiger partial charge in [-0.2, -0.15) is 0 Å². The van der Waals surface area contributed by atoms with Gasteiger partial charge in [0.25, 0.3) is 5.91 Å². The Morgan fingerprint density at radius 3 is 2.19 bits per heavy atom. The maximum Gasteiger partial charge on any atom is 0.255 e. The third-order valence-electron chi connectivity index (χ3n) is 4.40. The van der Waals surface area contributed by atoms with Crippen LogP contribution in [0.25, 0.3) is 0 Å². The average molecular weight is 366 g/mol. The van der Waals surface area contributed by atoms with E-state index < -0.39 is 0 Å². The highest BCUT2D eigenvalue weighted by Crippen LogP contribution is 2.28. The molecule has 2 aromatic carbocycles. The molecule has 0 spiro atoms. The van der Waals surface area contributed by atoms with Crippen LogP contribution in [0.15, 0.2) is 53.7 Å². The summed E-state index contributed by atoms with van der Waals surface area (Å²) >= 11 is 5.30. The van der Waals surface area contributed by atoms with Crippen molar-refractivity contribution in [3.8, 4) is 0 Å². The van der Waals surface area contributed by atoms with Crippen LogP contribution in [0.1, 0.15) is 35.2 Å². The summed E-state index contributed by atoms with van der Waals surface area (Å²) < 4.78 is 0. The Kier molecular flexibility index (Phi) is 5.09. The zero-order valence-electron chi connectivity index (χ0n) is 15.4. The van der Waals surface area contributed by atoms with Gasteiger partial charge in [-0.05, 0) is 68.7 Å². The van der Waals surface area contributed by atoms with Crippen molar-refractivity contribution in [1.29, 1.82) is 0 Å². The van der Waals surface area contributed by atoms with Crippen LogP contribution in [0.5, 0.6) is 0 Å². The second kappa shape index (κ2) is 7.30. The molecular formula is C21H23N3OS. The molecule has 1 atom stereocenters. The van der Waals surface area contributed by atoms with Crippen molar-refractivity contribution < 1.29 is 4.79 Å². The van der Waals surface area contributed by atoms with Gasteiger partial charge < -0.3 is 16.0 Å². The zero-order chi connectivity index (χ0) is 18.8. The normalized spacial score (nSPS) is 16.8. The fourth-order valence-electron chi connectivity index (χ4n) is 3.25. The highest BCUT2D eigenvalue weighted by Gasteiger charge is 2.29. The van der Waals surface area contributed by atoms with Crippen LogP contribution in [0.3, 0.4) is 0 Å². The quantitative estimate of drug-likeness (QED) is 0.719. The molecule has 3 rings (SSSR count). The first kappa shape index (κ1) is 18.1. The number of hydrogen-bond donors (Lipinski definition) is 3. The van der Waals surface area contributed by atoms with E-state index in [1.165, 1.54) is 5.56 Å². The number of nitrogens with one attached hydrogen (secondary N) is 3. The number of anilines is 1. The Hall–Kier alpha value is -2.66. The number of allylic oxidation sites excluding steroid dienone is 1. The van der Waals surface area contributed by atoms with E-state index in [0.29, 0.717) is 10.7 Å². The third-order valence-corrected chi connectivity index (χ3v) is 4.62. The molecule has 1 aliphatic heterocycles. The fourth-order valence-corrected chi connectivity index (χ4v) is 3.52. The summed E-state index contributed by atoms with van der Waals surface area (Å²) in [5.41, 5.74) is 6.60. The standard InChI is InChI=1S/C21H23N3OS/c1-12-5-7-16(8-6-12)19-18(15(4)22-21(26)24-19)20(25)23-17-10-13(2)9-14(3)11-17/h5-11,19H,1-4H3,(H,23,25)(H2,22,24,26). The van der Waals surface area contributed by atoms with Gasteiger partial charge in [0.15, 0.2) is 5.11 Å². The smallest absolute Gasteiger partial charge is 0.255 e. The summed E-state index contributed by atoms with van der Waals surface area (Å²) in [5.74, 6) is -0.138. The van der Waals surface area contributed by atoms with E-state index in [1.807, 2.05) is 64.1 Å². The van der Waals surface area contributed by atoms with E-state index in [1.54, 1.807) is 0 Å². The zero-order valence-corrected chi connectivity index (χ0v) is 16.3. The molecular weight excluding hydrogens is 342 g/mol. The molecule has 0 fully saturated rings. The summed E-state index contributed by atoms with van der Waals surface area (Å²) in [7, 11) is 0. The Balaban J connectivity index is 1.95. The minimum absolute atomic E-state index is 0.138. The molecule has 0 saturated carbocycles. The molecule has 5 heteroatoms. The summed E-state index contributed by atoms with van der Waals surface area (Å²) in [4.78, 5) is 13.1. The third kappa shape index (κ3) is 3.94. The first-order valence-corrected chi connectivity index (χ1v) is 8.99. The van der Waals surface area contributed by atoms with Gasteiger partial charge in [-0.15, -0.1) is 0 Å². The maximum absolute atomic E-state index is 13.1. The molecule has 0 radical (unpaired) electrons.